The molecule has 0 aliphatic carbocycles. The first kappa shape index (κ1) is 20.9. The lowest BCUT2D eigenvalue weighted by Crippen LogP contribution is -2.54. The standard InChI is InChI=1S/C26H22N2O5/c1-15(2)22(28-24(30)18-9-5-6-10-19(18)25(28)31)26(32)27-14-13-16-7-3-4-8-17(16)23(27)20-11-12-21(29)33-20/h3-15,20,22-23H,1-2H3/t20?,22-,23?/m0/s1. The zero-order valence-corrected chi connectivity index (χ0v) is 18.2. The normalized spacial score (nSPS) is 22.0. The van der Waals surface area contributed by atoms with E-state index in [1.807, 2.05) is 30.3 Å². The Morgan fingerprint density at radius 2 is 1.55 bits per heavy atom. The number of benzene rings is 2. The first-order valence-electron chi connectivity index (χ1n) is 10.8. The summed E-state index contributed by atoms with van der Waals surface area (Å²) in [7, 11) is 0. The molecule has 0 aromatic heterocycles. The van der Waals surface area contributed by atoms with Crippen molar-refractivity contribution in [1.29, 1.82) is 0 Å². The monoisotopic (exact) mass is 442 g/mol. The summed E-state index contributed by atoms with van der Waals surface area (Å²) in [4.78, 5) is 54.7. The van der Waals surface area contributed by atoms with Crippen molar-refractivity contribution in [2.75, 3.05) is 0 Å². The first-order chi connectivity index (χ1) is 15.9. The van der Waals surface area contributed by atoms with E-state index in [9.17, 15) is 19.2 Å². The van der Waals surface area contributed by atoms with E-state index in [1.165, 1.54) is 11.0 Å². The molecule has 0 spiro atoms. The van der Waals surface area contributed by atoms with Gasteiger partial charge in [0.25, 0.3) is 17.7 Å². The first-order valence-corrected chi connectivity index (χ1v) is 10.8. The predicted octanol–water partition coefficient (Wildman–Crippen LogP) is 3.34. The zero-order valence-electron chi connectivity index (χ0n) is 18.2. The summed E-state index contributed by atoms with van der Waals surface area (Å²) in [6, 6.07) is 12.5. The number of fused-ring (bicyclic) bond motifs is 2. The predicted molar refractivity (Wildman–Crippen MR) is 120 cm³/mol. The topological polar surface area (TPSA) is 84.0 Å². The smallest absolute Gasteiger partial charge is 0.331 e. The molecule has 2 unspecified atom stereocenters. The lowest BCUT2D eigenvalue weighted by Gasteiger charge is -2.39. The van der Waals surface area contributed by atoms with Gasteiger partial charge in [0.1, 0.15) is 18.2 Å². The highest BCUT2D eigenvalue weighted by Gasteiger charge is 2.47. The highest BCUT2D eigenvalue weighted by atomic mass is 16.5. The molecular formula is C26H22N2O5. The van der Waals surface area contributed by atoms with Crippen LogP contribution in [0.15, 0.2) is 66.9 Å². The Morgan fingerprint density at radius 1 is 0.909 bits per heavy atom. The van der Waals surface area contributed by atoms with Crippen LogP contribution >= 0.6 is 0 Å². The largest absolute Gasteiger partial charge is 0.452 e. The van der Waals surface area contributed by atoms with E-state index in [1.54, 1.807) is 50.4 Å². The van der Waals surface area contributed by atoms with Gasteiger partial charge in [-0.15, -0.1) is 0 Å². The average molecular weight is 442 g/mol. The number of nitrogens with zero attached hydrogens (tertiary/aromatic N) is 2. The van der Waals surface area contributed by atoms with Gasteiger partial charge in [0.2, 0.25) is 0 Å². The molecule has 33 heavy (non-hydrogen) atoms. The van der Waals surface area contributed by atoms with Crippen LogP contribution in [0, 0.1) is 5.92 Å². The maximum Gasteiger partial charge on any atom is 0.331 e. The van der Waals surface area contributed by atoms with E-state index in [4.69, 9.17) is 4.74 Å². The Morgan fingerprint density at radius 3 is 2.15 bits per heavy atom. The Balaban J connectivity index is 1.55. The number of hydrogen-bond acceptors (Lipinski definition) is 5. The van der Waals surface area contributed by atoms with E-state index < -0.39 is 41.9 Å². The van der Waals surface area contributed by atoms with E-state index >= 15 is 0 Å². The van der Waals surface area contributed by atoms with Crippen LogP contribution in [0.4, 0.5) is 0 Å². The molecule has 166 valence electrons. The van der Waals surface area contributed by atoms with Crippen LogP contribution in [0.3, 0.4) is 0 Å². The molecule has 0 bridgehead atoms. The molecule has 0 fully saturated rings. The van der Waals surface area contributed by atoms with Gasteiger partial charge in [-0.25, -0.2) is 4.79 Å². The van der Waals surface area contributed by atoms with Gasteiger partial charge in [0.05, 0.1) is 11.1 Å². The number of hydrogen-bond donors (Lipinski definition) is 0. The van der Waals surface area contributed by atoms with Gasteiger partial charge in [-0.2, -0.15) is 0 Å². The lowest BCUT2D eigenvalue weighted by atomic mass is 9.90. The van der Waals surface area contributed by atoms with Crippen LogP contribution < -0.4 is 0 Å². The van der Waals surface area contributed by atoms with Crippen LogP contribution in [-0.2, 0) is 14.3 Å². The fraction of sp³-hybridized carbons (Fsp3) is 0.231. The molecule has 0 radical (unpaired) electrons. The van der Waals surface area contributed by atoms with Gasteiger partial charge >= 0.3 is 5.97 Å². The van der Waals surface area contributed by atoms with Crippen molar-refractivity contribution in [1.82, 2.24) is 9.80 Å². The number of cyclic esters (lactones) is 1. The lowest BCUT2D eigenvalue weighted by molar-refractivity contribution is -0.146. The summed E-state index contributed by atoms with van der Waals surface area (Å²) >= 11 is 0. The maximum atomic E-state index is 14.0. The number of amides is 3. The second-order valence-electron chi connectivity index (χ2n) is 8.61. The summed E-state index contributed by atoms with van der Waals surface area (Å²) < 4.78 is 5.47. The minimum atomic E-state index is -1.02. The summed E-state index contributed by atoms with van der Waals surface area (Å²) in [6.45, 7) is 3.61. The van der Waals surface area contributed by atoms with Crippen molar-refractivity contribution in [3.05, 3.63) is 89.1 Å². The summed E-state index contributed by atoms with van der Waals surface area (Å²) in [5.41, 5.74) is 2.32. The molecule has 0 N–H and O–H groups in total. The van der Waals surface area contributed by atoms with Crippen LogP contribution in [0.2, 0.25) is 0 Å². The Labute approximate surface area is 190 Å². The summed E-state index contributed by atoms with van der Waals surface area (Å²) in [5, 5.41) is 0. The van der Waals surface area contributed by atoms with Crippen molar-refractivity contribution in [3.63, 3.8) is 0 Å². The summed E-state index contributed by atoms with van der Waals surface area (Å²) in [5.74, 6) is -2.18. The van der Waals surface area contributed by atoms with Gasteiger partial charge in [-0.3, -0.25) is 19.3 Å². The quantitative estimate of drug-likeness (QED) is 0.536. The second kappa shape index (κ2) is 7.85. The molecule has 7 nitrogen and oxygen atoms in total. The number of carbonyl (C=O) groups is 4. The van der Waals surface area contributed by atoms with Crippen LogP contribution in [-0.4, -0.2) is 45.6 Å². The molecule has 3 amide bonds. The van der Waals surface area contributed by atoms with Crippen LogP contribution in [0.25, 0.3) is 6.08 Å². The van der Waals surface area contributed by atoms with Crippen molar-refractivity contribution >= 4 is 29.8 Å². The number of ether oxygens (including phenoxy) is 1. The number of rotatable bonds is 4. The van der Waals surface area contributed by atoms with Gasteiger partial charge < -0.3 is 9.64 Å². The maximum absolute atomic E-state index is 14.0. The van der Waals surface area contributed by atoms with Gasteiger partial charge in [0.15, 0.2) is 0 Å². The molecule has 2 aromatic carbocycles. The second-order valence-corrected chi connectivity index (χ2v) is 8.61. The fourth-order valence-electron chi connectivity index (χ4n) is 4.74. The molecule has 5 rings (SSSR count). The average Bonchev–Trinajstić information content (AvgIpc) is 3.35. The number of imide groups is 1. The highest BCUT2D eigenvalue weighted by molar-refractivity contribution is 6.23. The Hall–Kier alpha value is -4.00. The van der Waals surface area contributed by atoms with Crippen molar-refractivity contribution in [2.24, 2.45) is 5.92 Å². The van der Waals surface area contributed by atoms with E-state index in [0.29, 0.717) is 11.1 Å². The third-order valence-corrected chi connectivity index (χ3v) is 6.26. The van der Waals surface area contributed by atoms with Crippen molar-refractivity contribution in [3.8, 4) is 0 Å². The molecule has 3 atom stereocenters. The zero-order chi connectivity index (χ0) is 23.3. The van der Waals surface area contributed by atoms with Crippen molar-refractivity contribution in [2.45, 2.75) is 32.0 Å². The van der Waals surface area contributed by atoms with Gasteiger partial charge in [-0.1, -0.05) is 50.2 Å². The SMILES string of the molecule is CC(C)[C@@H](C(=O)N1C=Cc2ccccc2C1C1C=CC(=O)O1)N1C(=O)c2ccccc2C1=O. The highest BCUT2D eigenvalue weighted by Crippen LogP contribution is 2.38. The number of carbonyl (C=O) groups excluding carboxylic acids is 4. The number of esters is 1. The van der Waals surface area contributed by atoms with Gasteiger partial charge in [0, 0.05) is 12.3 Å². The molecule has 7 heteroatoms. The molecule has 0 saturated carbocycles. The molecule has 3 aliphatic rings. The Bertz CT molecular complexity index is 1210. The summed E-state index contributed by atoms with van der Waals surface area (Å²) in [6.07, 6.45) is 5.75. The minimum Gasteiger partial charge on any atom is -0.452 e. The van der Waals surface area contributed by atoms with Crippen LogP contribution in [0.1, 0.15) is 51.7 Å². The third kappa shape index (κ3) is 3.28. The molecule has 3 heterocycles. The Kier molecular flexibility index (Phi) is 4.96. The third-order valence-electron chi connectivity index (χ3n) is 6.26. The van der Waals surface area contributed by atoms with Gasteiger partial charge in [-0.05, 0) is 41.3 Å². The van der Waals surface area contributed by atoms with Crippen molar-refractivity contribution < 1.29 is 23.9 Å². The molecule has 2 aromatic rings. The van der Waals surface area contributed by atoms with E-state index in [2.05, 4.69) is 0 Å². The van der Waals surface area contributed by atoms with E-state index in [-0.39, 0.29) is 5.92 Å². The molecular weight excluding hydrogens is 420 g/mol. The minimum absolute atomic E-state index is 0.296. The van der Waals surface area contributed by atoms with E-state index in [0.717, 1.165) is 16.0 Å². The van der Waals surface area contributed by atoms with Crippen LogP contribution in [0.5, 0.6) is 0 Å². The molecule has 0 saturated heterocycles. The fourth-order valence-corrected chi connectivity index (χ4v) is 4.74. The molecule has 3 aliphatic heterocycles.